The summed E-state index contributed by atoms with van der Waals surface area (Å²) in [5.41, 5.74) is -0.554. The smallest absolute Gasteiger partial charge is 0.343 e. The number of rotatable bonds is 4. The molecule has 16 heavy (non-hydrogen) atoms. The van der Waals surface area contributed by atoms with E-state index in [1.165, 1.54) is 6.20 Å². The molecule has 0 saturated heterocycles. The summed E-state index contributed by atoms with van der Waals surface area (Å²) >= 11 is 0. The second-order valence-electron chi connectivity index (χ2n) is 2.83. The van der Waals surface area contributed by atoms with Crippen molar-refractivity contribution in [3.05, 3.63) is 27.5 Å². The third kappa shape index (κ3) is 2.28. The fourth-order valence-electron chi connectivity index (χ4n) is 1.16. The second kappa shape index (κ2) is 5.42. The molecule has 1 aromatic rings. The molecule has 1 aromatic heterocycles. The van der Waals surface area contributed by atoms with Gasteiger partial charge in [-0.3, -0.25) is 4.79 Å². The van der Waals surface area contributed by atoms with Crippen molar-refractivity contribution in [2.45, 2.75) is 6.92 Å². The minimum absolute atomic E-state index is 0.0838. The van der Waals surface area contributed by atoms with Crippen LogP contribution in [0.3, 0.4) is 0 Å². The van der Waals surface area contributed by atoms with E-state index in [2.05, 4.69) is 19.5 Å². The maximum Gasteiger partial charge on any atom is 0.343 e. The number of aromatic nitrogens is 1. The first-order valence-corrected chi connectivity index (χ1v) is 5.13. The topological polar surface area (TPSA) is 95.0 Å². The highest BCUT2D eigenvalue weighted by Crippen LogP contribution is 2.08. The highest BCUT2D eigenvalue weighted by molar-refractivity contribution is 7.18. The largest absolute Gasteiger partial charge is 0.462 e. The van der Waals surface area contributed by atoms with E-state index in [0.717, 1.165) is 6.21 Å². The zero-order valence-corrected chi connectivity index (χ0v) is 9.82. The minimum Gasteiger partial charge on any atom is -0.462 e. The average Bonchev–Trinajstić information content (AvgIpc) is 2.28. The van der Waals surface area contributed by atoms with Gasteiger partial charge in [0.25, 0.3) is 0 Å². The Hall–Kier alpha value is -1.68. The molecule has 0 aromatic carbocycles. The summed E-state index contributed by atoms with van der Waals surface area (Å²) in [6, 6.07) is 0. The van der Waals surface area contributed by atoms with Gasteiger partial charge in [0.1, 0.15) is 11.4 Å². The van der Waals surface area contributed by atoms with Crippen LogP contribution in [0.2, 0.25) is 0 Å². The van der Waals surface area contributed by atoms with E-state index in [1.54, 1.807) is 6.92 Å². The van der Waals surface area contributed by atoms with E-state index in [1.807, 2.05) is 0 Å². The van der Waals surface area contributed by atoms with Crippen LogP contribution in [0.15, 0.2) is 11.0 Å². The average molecular weight is 241 g/mol. The molecular formula is C9H12N3O3P. The number of hydrogen-bond acceptors (Lipinski definition) is 5. The normalized spacial score (nSPS) is 9.62. The monoisotopic (exact) mass is 241 g/mol. The van der Waals surface area contributed by atoms with Gasteiger partial charge in [0.2, 0.25) is 5.43 Å². The van der Waals surface area contributed by atoms with Crippen LogP contribution in [0.4, 0.5) is 5.82 Å². The van der Waals surface area contributed by atoms with Crippen LogP contribution in [0.5, 0.6) is 0 Å². The highest BCUT2D eigenvalue weighted by atomic mass is 31.0. The Bertz CT molecular complexity index is 470. The number of pyridine rings is 1. The molecule has 0 radical (unpaired) electrons. The summed E-state index contributed by atoms with van der Waals surface area (Å²) < 4.78 is 4.72. The van der Waals surface area contributed by atoms with E-state index >= 15 is 0 Å². The van der Waals surface area contributed by atoms with Crippen molar-refractivity contribution < 1.29 is 9.53 Å². The molecule has 1 unspecified atom stereocenters. The molecule has 0 aliphatic rings. The van der Waals surface area contributed by atoms with E-state index in [-0.39, 0.29) is 17.7 Å². The van der Waals surface area contributed by atoms with Gasteiger partial charge in [0, 0.05) is 12.4 Å². The number of aromatic amines is 1. The number of H-pyrrole nitrogens is 1. The van der Waals surface area contributed by atoms with E-state index in [0.29, 0.717) is 5.82 Å². The lowest BCUT2D eigenvalue weighted by molar-refractivity contribution is 0.0524. The Labute approximate surface area is 94.2 Å². The van der Waals surface area contributed by atoms with Gasteiger partial charge in [0.05, 0.1) is 12.2 Å². The molecule has 3 N–H and O–H groups in total. The first-order chi connectivity index (χ1) is 7.65. The van der Waals surface area contributed by atoms with Crippen LogP contribution in [0.1, 0.15) is 22.8 Å². The van der Waals surface area contributed by atoms with Gasteiger partial charge in [-0.15, -0.1) is 0 Å². The van der Waals surface area contributed by atoms with Crippen LogP contribution < -0.4 is 10.5 Å². The molecule has 0 amide bonds. The third-order valence-corrected chi connectivity index (χ3v) is 2.19. The van der Waals surface area contributed by atoms with Crippen LogP contribution in [-0.4, -0.2) is 23.8 Å². The fraction of sp³-hybridized carbons (Fsp3) is 0.222. The van der Waals surface area contributed by atoms with Crippen molar-refractivity contribution in [3.8, 4) is 0 Å². The van der Waals surface area contributed by atoms with Gasteiger partial charge < -0.3 is 20.2 Å². The molecule has 1 heterocycles. The fourth-order valence-corrected chi connectivity index (χ4v) is 1.40. The lowest BCUT2D eigenvalue weighted by Crippen LogP contribution is -2.22. The van der Waals surface area contributed by atoms with Crippen molar-refractivity contribution in [2.24, 2.45) is 0 Å². The molecular weight excluding hydrogens is 229 g/mol. The molecule has 0 saturated carbocycles. The maximum absolute atomic E-state index is 11.8. The molecule has 0 spiro atoms. The quantitative estimate of drug-likeness (QED) is 0.412. The number of carbonyl (C=O) groups is 1. The summed E-state index contributed by atoms with van der Waals surface area (Å²) in [6.07, 6.45) is 2.15. The lowest BCUT2D eigenvalue weighted by Gasteiger charge is -2.06. The predicted molar refractivity (Wildman–Crippen MR) is 64.2 cm³/mol. The van der Waals surface area contributed by atoms with E-state index in [9.17, 15) is 9.59 Å². The van der Waals surface area contributed by atoms with Crippen LogP contribution in [0, 0.1) is 5.41 Å². The molecule has 1 rings (SSSR count). The maximum atomic E-state index is 11.8. The zero-order valence-electron chi connectivity index (χ0n) is 8.66. The van der Waals surface area contributed by atoms with Crippen LogP contribution >= 0.6 is 9.39 Å². The Morgan fingerprint density at radius 3 is 2.94 bits per heavy atom. The summed E-state index contributed by atoms with van der Waals surface area (Å²) in [4.78, 5) is 25.9. The summed E-state index contributed by atoms with van der Waals surface area (Å²) in [7, 11) is 2.20. The van der Waals surface area contributed by atoms with Crippen molar-refractivity contribution >= 4 is 27.4 Å². The number of esters is 1. The molecule has 0 aliphatic carbocycles. The summed E-state index contributed by atoms with van der Waals surface area (Å²) in [6.45, 7) is 1.85. The number of nitrogens with one attached hydrogen (secondary N) is 3. The first-order valence-electron chi connectivity index (χ1n) is 4.55. The van der Waals surface area contributed by atoms with Crippen molar-refractivity contribution in [2.75, 3.05) is 11.7 Å². The molecule has 0 fully saturated rings. The standard InChI is InChI=1S/C9H12N3O3P/c1-2-15-9(14)6-4-11-8(12-16)5(3-10)7(6)13/h3-4,10H,2,16H2,1H3,(H2,11,12,13). The zero-order chi connectivity index (χ0) is 12.1. The van der Waals surface area contributed by atoms with Crippen LogP contribution in [0.25, 0.3) is 0 Å². The van der Waals surface area contributed by atoms with Crippen molar-refractivity contribution in [1.82, 2.24) is 4.98 Å². The van der Waals surface area contributed by atoms with E-state index in [4.69, 9.17) is 10.1 Å². The molecule has 1 atom stereocenters. The SMILES string of the molecule is CCOC(=O)c1c[nH]c(NP)c(C=N)c1=O. The number of carbonyl (C=O) groups excluding carboxylic acids is 1. The Balaban J connectivity index is 3.30. The first kappa shape index (κ1) is 12.4. The second-order valence-corrected chi connectivity index (χ2v) is 3.12. The number of ether oxygens (including phenoxy) is 1. The van der Waals surface area contributed by atoms with Gasteiger partial charge in [-0.2, -0.15) is 0 Å². The Kier molecular flexibility index (Phi) is 4.19. The van der Waals surface area contributed by atoms with Gasteiger partial charge >= 0.3 is 5.97 Å². The van der Waals surface area contributed by atoms with Gasteiger partial charge in [0.15, 0.2) is 0 Å². The summed E-state index contributed by atoms with van der Waals surface area (Å²) in [5, 5.41) is 9.77. The van der Waals surface area contributed by atoms with Gasteiger partial charge in [-0.25, -0.2) is 4.79 Å². The Morgan fingerprint density at radius 2 is 2.44 bits per heavy atom. The van der Waals surface area contributed by atoms with Crippen LogP contribution in [-0.2, 0) is 4.74 Å². The molecule has 7 heteroatoms. The molecule has 6 nitrogen and oxygen atoms in total. The van der Waals surface area contributed by atoms with Gasteiger partial charge in [-0.05, 0) is 16.3 Å². The molecule has 86 valence electrons. The van der Waals surface area contributed by atoms with E-state index < -0.39 is 11.4 Å². The number of hydrogen-bond donors (Lipinski definition) is 3. The third-order valence-electron chi connectivity index (χ3n) is 1.90. The molecule has 0 bridgehead atoms. The molecule has 0 aliphatic heterocycles. The highest BCUT2D eigenvalue weighted by Gasteiger charge is 2.15. The van der Waals surface area contributed by atoms with Crippen molar-refractivity contribution in [1.29, 1.82) is 5.41 Å². The lowest BCUT2D eigenvalue weighted by atomic mass is 10.2. The Morgan fingerprint density at radius 1 is 1.75 bits per heavy atom. The van der Waals surface area contributed by atoms with Crippen molar-refractivity contribution in [3.63, 3.8) is 0 Å². The summed E-state index contributed by atoms with van der Waals surface area (Å²) in [5.74, 6) is -0.333. The number of anilines is 1. The predicted octanol–water partition coefficient (Wildman–Crippen LogP) is 0.751. The minimum atomic E-state index is -0.692. The van der Waals surface area contributed by atoms with Gasteiger partial charge in [-0.1, -0.05) is 0 Å².